The maximum Gasteiger partial charge on any atom is 0.125 e. The molecule has 2 rings (SSSR count). The first-order chi connectivity index (χ1) is 9.10. The fourth-order valence-corrected chi connectivity index (χ4v) is 2.17. The summed E-state index contributed by atoms with van der Waals surface area (Å²) in [6.07, 6.45) is 3.19. The Labute approximate surface area is 121 Å². The fraction of sp³-hybridized carbons (Fsp3) is 0.357. The molecule has 0 unspecified atom stereocenters. The fourth-order valence-electron chi connectivity index (χ4n) is 1.79. The Morgan fingerprint density at radius 3 is 2.89 bits per heavy atom. The normalized spacial score (nSPS) is 12.4. The van der Waals surface area contributed by atoms with E-state index in [-0.39, 0.29) is 0 Å². The summed E-state index contributed by atoms with van der Waals surface area (Å²) < 4.78 is 8.55. The highest BCUT2D eigenvalue weighted by atomic mass is 79.9. The maximum atomic E-state index is 9.75. The van der Waals surface area contributed by atoms with Crippen LogP contribution in [-0.4, -0.2) is 14.9 Å². The molecule has 0 amide bonds. The summed E-state index contributed by atoms with van der Waals surface area (Å²) in [5, 5.41) is 13.9. The van der Waals surface area contributed by atoms with Gasteiger partial charge in [-0.2, -0.15) is 5.10 Å². The van der Waals surface area contributed by atoms with E-state index in [1.54, 1.807) is 13.1 Å². The van der Waals surface area contributed by atoms with Crippen LogP contribution >= 0.6 is 15.9 Å². The molecule has 1 N–H and O–H groups in total. The summed E-state index contributed by atoms with van der Waals surface area (Å²) in [6.45, 7) is 5.06. The van der Waals surface area contributed by atoms with Gasteiger partial charge in [-0.15, -0.1) is 0 Å². The van der Waals surface area contributed by atoms with Gasteiger partial charge in [0, 0.05) is 28.3 Å². The highest BCUT2D eigenvalue weighted by Gasteiger charge is 2.10. The summed E-state index contributed by atoms with van der Waals surface area (Å²) in [4.78, 5) is 0. The zero-order chi connectivity index (χ0) is 13.8. The standard InChI is InChI=1S/C14H17BrN2O2/c1-3-17-8-11(7-16-17)9-19-14-5-4-12(15)6-13(14)10(2)18/h4-8,10,18H,3,9H2,1-2H3/t10-/m1/s1. The van der Waals surface area contributed by atoms with Gasteiger partial charge in [0.2, 0.25) is 0 Å². The SMILES string of the molecule is CCn1cc(COc2ccc(Br)cc2[C@@H](C)O)cn1. The smallest absolute Gasteiger partial charge is 0.125 e. The minimum atomic E-state index is -0.564. The summed E-state index contributed by atoms with van der Waals surface area (Å²) in [5.41, 5.74) is 1.79. The maximum absolute atomic E-state index is 9.75. The molecule has 0 aliphatic heterocycles. The number of halogens is 1. The van der Waals surface area contributed by atoms with Crippen molar-refractivity contribution in [1.29, 1.82) is 0 Å². The van der Waals surface area contributed by atoms with Crippen LogP contribution in [0.3, 0.4) is 0 Å². The van der Waals surface area contributed by atoms with Crippen LogP contribution in [-0.2, 0) is 13.2 Å². The van der Waals surface area contributed by atoms with Gasteiger partial charge in [0.25, 0.3) is 0 Å². The number of nitrogens with zero attached hydrogens (tertiary/aromatic N) is 2. The predicted octanol–water partition coefficient (Wildman–Crippen LogP) is 3.30. The largest absolute Gasteiger partial charge is 0.488 e. The molecule has 4 nitrogen and oxygen atoms in total. The monoisotopic (exact) mass is 324 g/mol. The van der Waals surface area contributed by atoms with Crippen molar-refractivity contribution in [3.8, 4) is 5.75 Å². The molecule has 19 heavy (non-hydrogen) atoms. The summed E-state index contributed by atoms with van der Waals surface area (Å²) in [7, 11) is 0. The number of aliphatic hydroxyl groups is 1. The van der Waals surface area contributed by atoms with Gasteiger partial charge in [-0.1, -0.05) is 15.9 Å². The molecule has 0 radical (unpaired) electrons. The van der Waals surface area contributed by atoms with Crippen LogP contribution in [0.15, 0.2) is 35.1 Å². The Morgan fingerprint density at radius 1 is 1.47 bits per heavy atom. The number of hydrogen-bond donors (Lipinski definition) is 1. The van der Waals surface area contributed by atoms with Crippen molar-refractivity contribution in [3.63, 3.8) is 0 Å². The molecule has 1 aromatic carbocycles. The average Bonchev–Trinajstić information content (AvgIpc) is 2.85. The average molecular weight is 325 g/mol. The number of ether oxygens (including phenoxy) is 1. The van der Waals surface area contributed by atoms with Crippen LogP contribution < -0.4 is 4.74 Å². The topological polar surface area (TPSA) is 47.3 Å². The van der Waals surface area contributed by atoms with Crippen molar-refractivity contribution in [3.05, 3.63) is 46.2 Å². The van der Waals surface area contributed by atoms with Crippen LogP contribution in [0.4, 0.5) is 0 Å². The molecule has 0 spiro atoms. The summed E-state index contributed by atoms with van der Waals surface area (Å²) >= 11 is 3.39. The van der Waals surface area contributed by atoms with E-state index in [0.29, 0.717) is 12.4 Å². The zero-order valence-electron chi connectivity index (χ0n) is 11.0. The Kier molecular flexibility index (Phi) is 4.61. The molecule has 2 aromatic rings. The number of aliphatic hydroxyl groups excluding tert-OH is 1. The minimum Gasteiger partial charge on any atom is -0.488 e. The van der Waals surface area contributed by atoms with Crippen molar-refractivity contribution in [2.45, 2.75) is 33.1 Å². The third-order valence-electron chi connectivity index (χ3n) is 2.83. The van der Waals surface area contributed by atoms with Crippen molar-refractivity contribution in [1.82, 2.24) is 9.78 Å². The Balaban J connectivity index is 2.10. The van der Waals surface area contributed by atoms with Gasteiger partial charge in [-0.05, 0) is 32.0 Å². The first kappa shape index (κ1) is 14.1. The minimum absolute atomic E-state index is 0.446. The molecule has 0 saturated heterocycles. The lowest BCUT2D eigenvalue weighted by atomic mass is 10.1. The van der Waals surface area contributed by atoms with E-state index >= 15 is 0 Å². The molecule has 1 heterocycles. The molecule has 0 bridgehead atoms. The highest BCUT2D eigenvalue weighted by Crippen LogP contribution is 2.29. The third kappa shape index (κ3) is 3.58. The quantitative estimate of drug-likeness (QED) is 0.917. The molecule has 102 valence electrons. The van der Waals surface area contributed by atoms with Crippen LogP contribution in [0.2, 0.25) is 0 Å². The summed E-state index contributed by atoms with van der Waals surface area (Å²) in [5.74, 6) is 0.697. The molecule has 1 aromatic heterocycles. The highest BCUT2D eigenvalue weighted by molar-refractivity contribution is 9.10. The lowest BCUT2D eigenvalue weighted by Crippen LogP contribution is -2.00. The Hall–Kier alpha value is -1.33. The number of rotatable bonds is 5. The first-order valence-electron chi connectivity index (χ1n) is 6.21. The van der Waals surface area contributed by atoms with Crippen molar-refractivity contribution in [2.75, 3.05) is 0 Å². The molecular formula is C14H17BrN2O2. The van der Waals surface area contributed by atoms with Crippen molar-refractivity contribution in [2.24, 2.45) is 0 Å². The molecule has 0 aliphatic rings. The van der Waals surface area contributed by atoms with Gasteiger partial charge in [-0.3, -0.25) is 4.68 Å². The third-order valence-corrected chi connectivity index (χ3v) is 3.32. The number of benzene rings is 1. The number of hydrogen-bond acceptors (Lipinski definition) is 3. The van der Waals surface area contributed by atoms with Crippen molar-refractivity contribution >= 4 is 15.9 Å². The Morgan fingerprint density at radius 2 is 2.26 bits per heavy atom. The second-order valence-electron chi connectivity index (χ2n) is 4.35. The van der Waals surface area contributed by atoms with Crippen LogP contribution in [0.25, 0.3) is 0 Å². The van der Waals surface area contributed by atoms with Crippen molar-refractivity contribution < 1.29 is 9.84 Å². The van der Waals surface area contributed by atoms with Crippen LogP contribution in [0, 0.1) is 0 Å². The lowest BCUT2D eigenvalue weighted by Gasteiger charge is -2.13. The number of aromatic nitrogens is 2. The van der Waals surface area contributed by atoms with E-state index in [9.17, 15) is 5.11 Å². The van der Waals surface area contributed by atoms with E-state index in [1.165, 1.54) is 0 Å². The number of aryl methyl sites for hydroxylation is 1. The van der Waals surface area contributed by atoms with Gasteiger partial charge in [0.1, 0.15) is 12.4 Å². The first-order valence-corrected chi connectivity index (χ1v) is 7.01. The van der Waals surface area contributed by atoms with Gasteiger partial charge in [-0.25, -0.2) is 0 Å². The molecule has 5 heteroatoms. The second-order valence-corrected chi connectivity index (χ2v) is 5.27. The van der Waals surface area contributed by atoms with E-state index in [0.717, 1.165) is 22.1 Å². The van der Waals surface area contributed by atoms with Gasteiger partial charge < -0.3 is 9.84 Å². The van der Waals surface area contributed by atoms with Gasteiger partial charge >= 0.3 is 0 Å². The molecule has 0 fully saturated rings. The van der Waals surface area contributed by atoms with E-state index < -0.39 is 6.10 Å². The van der Waals surface area contributed by atoms with E-state index in [2.05, 4.69) is 21.0 Å². The van der Waals surface area contributed by atoms with Gasteiger partial charge in [0.15, 0.2) is 0 Å². The Bertz CT molecular complexity index is 552. The van der Waals surface area contributed by atoms with Crippen LogP contribution in [0.1, 0.15) is 31.1 Å². The molecule has 0 saturated carbocycles. The molecule has 0 aliphatic carbocycles. The second kappa shape index (κ2) is 6.21. The zero-order valence-corrected chi connectivity index (χ0v) is 12.6. The van der Waals surface area contributed by atoms with E-state index in [1.807, 2.05) is 36.0 Å². The lowest BCUT2D eigenvalue weighted by molar-refractivity contribution is 0.190. The van der Waals surface area contributed by atoms with Crippen LogP contribution in [0.5, 0.6) is 5.75 Å². The predicted molar refractivity (Wildman–Crippen MR) is 77.0 cm³/mol. The molecular weight excluding hydrogens is 308 g/mol. The van der Waals surface area contributed by atoms with Gasteiger partial charge in [0.05, 0.1) is 12.3 Å². The molecule has 1 atom stereocenters. The summed E-state index contributed by atoms with van der Waals surface area (Å²) in [6, 6.07) is 5.63. The van der Waals surface area contributed by atoms with E-state index in [4.69, 9.17) is 4.74 Å².